The van der Waals surface area contributed by atoms with Gasteiger partial charge in [-0.2, -0.15) is 0 Å². The Bertz CT molecular complexity index is 1510. The monoisotopic (exact) mass is 694 g/mol. The van der Waals surface area contributed by atoms with Gasteiger partial charge in [-0.15, -0.1) is 0 Å². The lowest BCUT2D eigenvalue weighted by molar-refractivity contribution is -0.00163. The molecule has 0 bridgehead atoms. The summed E-state index contributed by atoms with van der Waals surface area (Å²) in [5.74, 6) is 0.0787. The van der Waals surface area contributed by atoms with E-state index in [4.69, 9.17) is 28.4 Å². The van der Waals surface area contributed by atoms with Crippen LogP contribution in [0.25, 0.3) is 22.3 Å². The highest BCUT2D eigenvalue weighted by Crippen LogP contribution is 2.45. The summed E-state index contributed by atoms with van der Waals surface area (Å²) in [6, 6.07) is 33.1. The molecule has 6 rings (SSSR count). The molecule has 268 valence electrons. The molecule has 2 amide bonds. The molecule has 2 N–H and O–H groups in total. The van der Waals surface area contributed by atoms with Crippen LogP contribution in [0.4, 0.5) is 9.59 Å². The highest BCUT2D eigenvalue weighted by atomic mass is 16.6. The lowest BCUT2D eigenvalue weighted by Crippen LogP contribution is -2.29. The van der Waals surface area contributed by atoms with Crippen LogP contribution in [0.1, 0.15) is 40.5 Å². The molecule has 0 heterocycles. The van der Waals surface area contributed by atoms with Crippen molar-refractivity contribution < 1.29 is 38.0 Å². The van der Waals surface area contributed by atoms with Crippen molar-refractivity contribution in [3.05, 3.63) is 119 Å². The van der Waals surface area contributed by atoms with Crippen molar-refractivity contribution in [1.29, 1.82) is 0 Å². The van der Waals surface area contributed by atoms with E-state index in [-0.39, 0.29) is 18.4 Å². The Kier molecular flexibility index (Phi) is 13.5. The molecule has 0 atom stereocenters. The Morgan fingerprint density at radius 3 is 1.18 bits per heavy atom. The number of amides is 2. The average molecular weight is 695 g/mol. The topological polar surface area (TPSA) is 114 Å². The van der Waals surface area contributed by atoms with E-state index in [1.165, 1.54) is 44.5 Å². The minimum Gasteiger partial charge on any atom is -0.449 e. The second kappa shape index (κ2) is 19.0. The number of benzene rings is 4. The SMILES string of the molecule is O=C(NCCCOCCOCCOCCOCCNC(=O)OCC1c2ccccc2-c2ccccc21)OCC1c2ccccc2-c2ccccc21. The van der Waals surface area contributed by atoms with E-state index in [0.717, 1.165) is 0 Å². The molecule has 51 heavy (non-hydrogen) atoms. The van der Waals surface area contributed by atoms with Gasteiger partial charge in [-0.3, -0.25) is 0 Å². The number of fused-ring (bicyclic) bond motifs is 6. The number of carbonyl (C=O) groups is 2. The summed E-state index contributed by atoms with van der Waals surface area (Å²) >= 11 is 0. The van der Waals surface area contributed by atoms with Crippen LogP contribution < -0.4 is 10.6 Å². The molecule has 0 unspecified atom stereocenters. The predicted octanol–water partition coefficient (Wildman–Crippen LogP) is 6.52. The highest BCUT2D eigenvalue weighted by molar-refractivity contribution is 5.80. The fourth-order valence-electron chi connectivity index (χ4n) is 6.65. The first-order chi connectivity index (χ1) is 25.2. The van der Waals surface area contributed by atoms with Gasteiger partial charge in [0, 0.05) is 31.5 Å². The van der Waals surface area contributed by atoms with Crippen LogP contribution in [0.3, 0.4) is 0 Å². The molecule has 10 nitrogen and oxygen atoms in total. The van der Waals surface area contributed by atoms with Crippen molar-refractivity contribution in [1.82, 2.24) is 10.6 Å². The minimum atomic E-state index is -0.456. The molecular weight excluding hydrogens is 648 g/mol. The van der Waals surface area contributed by atoms with Crippen LogP contribution in [0, 0.1) is 0 Å². The third kappa shape index (κ3) is 9.74. The third-order valence-electron chi connectivity index (χ3n) is 9.05. The van der Waals surface area contributed by atoms with Crippen LogP contribution in [-0.4, -0.2) is 91.3 Å². The molecule has 4 aromatic rings. The standard InChI is InChI=1S/C41H46N2O8/c44-40(50-28-38-34-14-5-1-10-30(34)31-11-2-6-15-35(31)38)42-18-9-20-46-22-24-48-26-27-49-25-23-47-21-19-43-41(45)51-29-39-36-16-7-3-12-32(36)33-13-4-8-17-37(33)39/h1-8,10-17,38-39H,9,18-29H2,(H,42,44)(H,43,45). The first kappa shape index (κ1) is 36.1. The van der Waals surface area contributed by atoms with Crippen LogP contribution in [0.2, 0.25) is 0 Å². The summed E-state index contributed by atoms with van der Waals surface area (Å²) < 4.78 is 33.3. The normalized spacial score (nSPS) is 12.9. The first-order valence-corrected chi connectivity index (χ1v) is 17.7. The van der Waals surface area contributed by atoms with Crippen LogP contribution in [0.5, 0.6) is 0 Å². The van der Waals surface area contributed by atoms with Crippen LogP contribution in [0.15, 0.2) is 97.1 Å². The number of carbonyl (C=O) groups excluding carboxylic acids is 2. The van der Waals surface area contributed by atoms with E-state index in [9.17, 15) is 9.59 Å². The fraction of sp³-hybridized carbons (Fsp3) is 0.366. The molecule has 0 saturated carbocycles. The molecule has 0 spiro atoms. The van der Waals surface area contributed by atoms with Gasteiger partial charge in [-0.05, 0) is 50.9 Å². The van der Waals surface area contributed by atoms with E-state index < -0.39 is 12.2 Å². The Morgan fingerprint density at radius 1 is 0.431 bits per heavy atom. The largest absolute Gasteiger partial charge is 0.449 e. The number of rotatable bonds is 20. The molecular formula is C41H46N2O8. The fourth-order valence-corrected chi connectivity index (χ4v) is 6.65. The number of ether oxygens (including phenoxy) is 6. The molecule has 4 aromatic carbocycles. The first-order valence-electron chi connectivity index (χ1n) is 17.7. The van der Waals surface area contributed by atoms with Gasteiger partial charge in [0.2, 0.25) is 0 Å². The second-order valence-corrected chi connectivity index (χ2v) is 12.3. The lowest BCUT2D eigenvalue weighted by Gasteiger charge is -2.14. The molecule has 10 heteroatoms. The van der Waals surface area contributed by atoms with Crippen LogP contribution in [-0.2, 0) is 28.4 Å². The summed E-state index contributed by atoms with van der Waals surface area (Å²) in [4.78, 5) is 24.5. The highest BCUT2D eigenvalue weighted by Gasteiger charge is 2.30. The summed E-state index contributed by atoms with van der Waals surface area (Å²) in [5, 5.41) is 5.55. The summed E-state index contributed by atoms with van der Waals surface area (Å²) in [7, 11) is 0. The Morgan fingerprint density at radius 2 is 0.765 bits per heavy atom. The van der Waals surface area contributed by atoms with Crippen molar-refractivity contribution in [2.75, 3.05) is 79.2 Å². The van der Waals surface area contributed by atoms with Gasteiger partial charge in [0.05, 0.1) is 46.2 Å². The zero-order chi connectivity index (χ0) is 35.1. The zero-order valence-electron chi connectivity index (χ0n) is 28.9. The van der Waals surface area contributed by atoms with Crippen molar-refractivity contribution in [3.63, 3.8) is 0 Å². The van der Waals surface area contributed by atoms with Gasteiger partial charge < -0.3 is 39.1 Å². The Labute approximate surface area is 299 Å². The van der Waals surface area contributed by atoms with E-state index in [2.05, 4.69) is 59.2 Å². The maximum Gasteiger partial charge on any atom is 0.407 e. The third-order valence-corrected chi connectivity index (χ3v) is 9.05. The maximum atomic E-state index is 12.3. The van der Waals surface area contributed by atoms with E-state index in [1.54, 1.807) is 0 Å². The van der Waals surface area contributed by atoms with E-state index in [1.807, 2.05) is 48.5 Å². The van der Waals surface area contributed by atoms with E-state index >= 15 is 0 Å². The Hall–Kier alpha value is -4.74. The van der Waals surface area contributed by atoms with Gasteiger partial charge in [-0.1, -0.05) is 97.1 Å². The molecule has 0 saturated heterocycles. The number of hydrogen-bond acceptors (Lipinski definition) is 8. The molecule has 0 radical (unpaired) electrons. The number of nitrogens with one attached hydrogen (secondary N) is 2. The van der Waals surface area contributed by atoms with E-state index in [0.29, 0.717) is 79.0 Å². The maximum absolute atomic E-state index is 12.3. The van der Waals surface area contributed by atoms with Gasteiger partial charge >= 0.3 is 12.2 Å². The minimum absolute atomic E-state index is 0.0337. The molecule has 0 aromatic heterocycles. The van der Waals surface area contributed by atoms with Gasteiger partial charge in [0.1, 0.15) is 13.2 Å². The van der Waals surface area contributed by atoms with Crippen molar-refractivity contribution in [2.24, 2.45) is 0 Å². The zero-order valence-corrected chi connectivity index (χ0v) is 28.9. The summed E-state index contributed by atoms with van der Waals surface area (Å²) in [6.07, 6.45) is -0.201. The van der Waals surface area contributed by atoms with Gasteiger partial charge in [0.25, 0.3) is 0 Å². The molecule has 2 aliphatic carbocycles. The van der Waals surface area contributed by atoms with Crippen molar-refractivity contribution in [2.45, 2.75) is 18.3 Å². The van der Waals surface area contributed by atoms with Gasteiger partial charge in [-0.25, -0.2) is 9.59 Å². The van der Waals surface area contributed by atoms with Crippen LogP contribution >= 0.6 is 0 Å². The lowest BCUT2D eigenvalue weighted by atomic mass is 9.98. The molecule has 0 aliphatic heterocycles. The smallest absolute Gasteiger partial charge is 0.407 e. The van der Waals surface area contributed by atoms with Crippen molar-refractivity contribution in [3.8, 4) is 22.3 Å². The molecule has 0 fully saturated rings. The second-order valence-electron chi connectivity index (χ2n) is 12.3. The quantitative estimate of drug-likeness (QED) is 0.101. The number of hydrogen-bond donors (Lipinski definition) is 2. The average Bonchev–Trinajstić information content (AvgIpc) is 3.66. The summed E-state index contributed by atoms with van der Waals surface area (Å²) in [6.45, 7) is 4.96. The van der Waals surface area contributed by atoms with Crippen molar-refractivity contribution >= 4 is 12.2 Å². The van der Waals surface area contributed by atoms with Gasteiger partial charge in [0.15, 0.2) is 0 Å². The number of alkyl carbamates (subject to hydrolysis) is 2. The summed E-state index contributed by atoms with van der Waals surface area (Å²) in [5.41, 5.74) is 9.56. The predicted molar refractivity (Wildman–Crippen MR) is 194 cm³/mol. The Balaban J connectivity index is 0.701. The molecule has 2 aliphatic rings.